The molecule has 0 saturated heterocycles. The number of nitrogens with one attached hydrogen (secondary N) is 1. The van der Waals surface area contributed by atoms with Crippen molar-refractivity contribution in [2.24, 2.45) is 0 Å². The van der Waals surface area contributed by atoms with Gasteiger partial charge in [0.2, 0.25) is 0 Å². The van der Waals surface area contributed by atoms with Crippen molar-refractivity contribution in [2.45, 2.75) is 246 Å². The van der Waals surface area contributed by atoms with Gasteiger partial charge >= 0.3 is 6.09 Å². The summed E-state index contributed by atoms with van der Waals surface area (Å²) in [6.45, 7) is 8.72. The molecule has 0 atom stereocenters. The van der Waals surface area contributed by atoms with Gasteiger partial charge in [-0.15, -0.1) is 0 Å². The maximum absolute atomic E-state index is 13.1. The Hall–Kier alpha value is -2.29. The third-order valence-corrected chi connectivity index (χ3v) is 11.9. The third kappa shape index (κ3) is 24.3. The third-order valence-electron chi connectivity index (χ3n) is 11.9. The number of anilines is 1. The number of carbonyl (C=O) groups is 1. The highest BCUT2D eigenvalue weighted by molar-refractivity contribution is 5.87. The zero-order valence-electron chi connectivity index (χ0n) is 36.3. The molecule has 0 saturated carbocycles. The van der Waals surface area contributed by atoms with Crippen LogP contribution in [0.3, 0.4) is 0 Å². The molecule has 0 aliphatic heterocycles. The Morgan fingerprint density at radius 2 is 0.833 bits per heavy atom. The lowest BCUT2D eigenvalue weighted by atomic mass is 9.95. The normalized spacial score (nSPS) is 11.3. The van der Waals surface area contributed by atoms with Crippen molar-refractivity contribution < 1.29 is 9.53 Å². The van der Waals surface area contributed by atoms with Crippen LogP contribution in [0.2, 0.25) is 0 Å². The SMILES string of the molecule is CCCCCCCCCCCCCCCCCCc1cccc(OC(=O)Nc2cccc(C)c2C)c1CCCCCCCCCCCCCCCCCC. The van der Waals surface area contributed by atoms with Crippen LogP contribution < -0.4 is 10.1 Å². The molecule has 0 aliphatic carbocycles. The average Bonchev–Trinajstić information content (AvgIpc) is 3.17. The predicted molar refractivity (Wildman–Crippen MR) is 239 cm³/mol. The molecular formula is C51H87NO2. The molecule has 2 rings (SSSR count). The molecule has 0 aromatic heterocycles. The first-order valence-corrected chi connectivity index (χ1v) is 23.7. The monoisotopic (exact) mass is 746 g/mol. The number of ether oxygens (including phenoxy) is 1. The molecule has 3 nitrogen and oxygen atoms in total. The zero-order chi connectivity index (χ0) is 38.7. The lowest BCUT2D eigenvalue weighted by Crippen LogP contribution is -2.18. The summed E-state index contributed by atoms with van der Waals surface area (Å²) < 4.78 is 6.05. The Balaban J connectivity index is 1.70. The highest BCUT2D eigenvalue weighted by atomic mass is 16.6. The lowest BCUT2D eigenvalue weighted by Gasteiger charge is -2.16. The van der Waals surface area contributed by atoms with Gasteiger partial charge in [-0.25, -0.2) is 4.79 Å². The van der Waals surface area contributed by atoms with E-state index in [1.165, 1.54) is 210 Å². The minimum Gasteiger partial charge on any atom is -0.410 e. The fourth-order valence-corrected chi connectivity index (χ4v) is 8.06. The van der Waals surface area contributed by atoms with Crippen LogP contribution in [0, 0.1) is 13.8 Å². The predicted octanol–water partition coefficient (Wildman–Crippen LogP) is 17.5. The van der Waals surface area contributed by atoms with Gasteiger partial charge in [0.05, 0.1) is 0 Å². The second-order valence-corrected chi connectivity index (χ2v) is 16.8. The molecule has 0 spiro atoms. The molecule has 0 aliphatic rings. The van der Waals surface area contributed by atoms with E-state index in [4.69, 9.17) is 4.74 Å². The fraction of sp³-hybridized carbons (Fsp3) is 0.745. The van der Waals surface area contributed by atoms with Crippen molar-refractivity contribution in [2.75, 3.05) is 5.32 Å². The van der Waals surface area contributed by atoms with Gasteiger partial charge in [0.25, 0.3) is 0 Å². The summed E-state index contributed by atoms with van der Waals surface area (Å²) in [6, 6.07) is 12.4. The van der Waals surface area contributed by atoms with Crippen LogP contribution in [0.1, 0.15) is 242 Å². The Morgan fingerprint density at radius 3 is 1.26 bits per heavy atom. The molecule has 0 radical (unpaired) electrons. The van der Waals surface area contributed by atoms with E-state index < -0.39 is 6.09 Å². The van der Waals surface area contributed by atoms with Crippen molar-refractivity contribution in [1.29, 1.82) is 0 Å². The molecule has 54 heavy (non-hydrogen) atoms. The second kappa shape index (κ2) is 34.0. The highest BCUT2D eigenvalue weighted by Crippen LogP contribution is 2.28. The van der Waals surface area contributed by atoms with Gasteiger partial charge in [0, 0.05) is 5.69 Å². The van der Waals surface area contributed by atoms with Gasteiger partial charge in [0.15, 0.2) is 0 Å². The van der Waals surface area contributed by atoms with E-state index in [1.807, 2.05) is 25.1 Å². The summed E-state index contributed by atoms with van der Waals surface area (Å²) in [4.78, 5) is 13.1. The highest BCUT2D eigenvalue weighted by Gasteiger charge is 2.14. The van der Waals surface area contributed by atoms with Crippen LogP contribution in [0.15, 0.2) is 36.4 Å². The largest absolute Gasteiger partial charge is 0.417 e. The van der Waals surface area contributed by atoms with E-state index in [0.29, 0.717) is 0 Å². The van der Waals surface area contributed by atoms with E-state index >= 15 is 0 Å². The van der Waals surface area contributed by atoms with E-state index in [2.05, 4.69) is 44.3 Å². The van der Waals surface area contributed by atoms with Crippen LogP contribution in [0.5, 0.6) is 5.75 Å². The molecule has 2 aromatic rings. The van der Waals surface area contributed by atoms with Gasteiger partial charge in [-0.2, -0.15) is 0 Å². The van der Waals surface area contributed by atoms with Gasteiger partial charge in [-0.05, 0) is 73.9 Å². The smallest absolute Gasteiger partial charge is 0.410 e. The summed E-state index contributed by atoms with van der Waals surface area (Å²) in [5.41, 5.74) is 5.69. The van der Waals surface area contributed by atoms with Crippen molar-refractivity contribution in [3.63, 3.8) is 0 Å². The number of carbonyl (C=O) groups excluding carboxylic acids is 1. The summed E-state index contributed by atoms with van der Waals surface area (Å²) in [5.74, 6) is 0.743. The van der Waals surface area contributed by atoms with Crippen LogP contribution >= 0.6 is 0 Å². The van der Waals surface area contributed by atoms with Crippen LogP contribution in [0.25, 0.3) is 0 Å². The first kappa shape index (κ1) is 47.9. The molecule has 3 heteroatoms. The van der Waals surface area contributed by atoms with Crippen molar-refractivity contribution in [1.82, 2.24) is 0 Å². The van der Waals surface area contributed by atoms with Gasteiger partial charge in [-0.3, -0.25) is 5.32 Å². The lowest BCUT2D eigenvalue weighted by molar-refractivity contribution is 0.214. The molecule has 0 bridgehead atoms. The van der Waals surface area contributed by atoms with E-state index in [-0.39, 0.29) is 0 Å². The number of unbranched alkanes of at least 4 members (excludes halogenated alkanes) is 30. The molecule has 2 aromatic carbocycles. The van der Waals surface area contributed by atoms with Gasteiger partial charge in [-0.1, -0.05) is 231 Å². The van der Waals surface area contributed by atoms with Gasteiger partial charge < -0.3 is 4.74 Å². The minimum atomic E-state index is -0.392. The summed E-state index contributed by atoms with van der Waals surface area (Å²) >= 11 is 0. The summed E-state index contributed by atoms with van der Waals surface area (Å²) in [5, 5.41) is 3.01. The van der Waals surface area contributed by atoms with E-state index in [1.54, 1.807) is 0 Å². The molecule has 308 valence electrons. The Labute approximate surface area is 336 Å². The topological polar surface area (TPSA) is 38.3 Å². The zero-order valence-corrected chi connectivity index (χ0v) is 36.3. The molecule has 1 amide bonds. The van der Waals surface area contributed by atoms with Crippen molar-refractivity contribution in [3.05, 3.63) is 58.7 Å². The number of benzene rings is 2. The average molecular weight is 746 g/mol. The maximum atomic E-state index is 13.1. The molecule has 1 N–H and O–H groups in total. The van der Waals surface area contributed by atoms with Crippen molar-refractivity contribution in [3.8, 4) is 5.75 Å². The Morgan fingerprint density at radius 1 is 0.463 bits per heavy atom. The molecule has 0 fully saturated rings. The van der Waals surface area contributed by atoms with Crippen LogP contribution in [0.4, 0.5) is 10.5 Å². The van der Waals surface area contributed by atoms with Gasteiger partial charge in [0.1, 0.15) is 5.75 Å². The Bertz CT molecular complexity index is 1170. The summed E-state index contributed by atoms with van der Waals surface area (Å²) in [6.07, 6.45) is 46.0. The van der Waals surface area contributed by atoms with Crippen molar-refractivity contribution >= 4 is 11.8 Å². The number of aryl methyl sites for hydroxylation is 2. The quantitative estimate of drug-likeness (QED) is 0.0705. The maximum Gasteiger partial charge on any atom is 0.417 e. The second-order valence-electron chi connectivity index (χ2n) is 16.8. The number of amides is 1. The first-order valence-electron chi connectivity index (χ1n) is 23.7. The number of rotatable bonds is 36. The van der Waals surface area contributed by atoms with E-state index in [0.717, 1.165) is 41.8 Å². The minimum absolute atomic E-state index is 0.392. The van der Waals surface area contributed by atoms with Crippen LogP contribution in [-0.2, 0) is 12.8 Å². The van der Waals surface area contributed by atoms with E-state index in [9.17, 15) is 4.79 Å². The number of hydrogen-bond donors (Lipinski definition) is 1. The number of hydrogen-bond acceptors (Lipinski definition) is 2. The fourth-order valence-electron chi connectivity index (χ4n) is 8.06. The standard InChI is InChI=1S/C51H87NO2/c1-5-7-9-11-13-15-17-19-21-23-25-27-29-31-33-35-40-47-41-38-44-50(54-51(53)52-49-43-37-39-45(3)46(49)4)48(47)42-36-34-32-30-28-26-24-22-20-18-16-14-12-10-8-6-2/h37-39,41,43-44H,5-36,40,42H2,1-4H3,(H,52,53). The Kier molecular flexibility index (Phi) is 30.1. The molecule has 0 heterocycles. The first-order chi connectivity index (χ1) is 26.6. The summed E-state index contributed by atoms with van der Waals surface area (Å²) in [7, 11) is 0. The van der Waals surface area contributed by atoms with Crippen LogP contribution in [-0.4, -0.2) is 6.09 Å². The molecule has 0 unspecified atom stereocenters. The molecular weight excluding hydrogens is 659 g/mol.